The number of nitro benzene ring substituents is 1. The second-order valence-electron chi connectivity index (χ2n) is 4.14. The average Bonchev–Trinajstić information content (AvgIpc) is 2.53. The molecule has 0 bridgehead atoms. The van der Waals surface area contributed by atoms with E-state index in [1.165, 1.54) is 19.2 Å². The summed E-state index contributed by atoms with van der Waals surface area (Å²) < 4.78 is 4.55. The molecule has 104 valence electrons. The third kappa shape index (κ3) is 2.72. The molecule has 0 unspecified atom stereocenters. The van der Waals surface area contributed by atoms with Gasteiger partial charge in [-0.25, -0.2) is 4.79 Å². The van der Waals surface area contributed by atoms with E-state index < -0.39 is 10.9 Å². The second-order valence-corrected chi connectivity index (χ2v) is 4.14. The molecule has 21 heavy (non-hydrogen) atoms. The minimum atomic E-state index is -0.654. The zero-order valence-corrected chi connectivity index (χ0v) is 11.1. The van der Waals surface area contributed by atoms with Crippen LogP contribution in [0.3, 0.4) is 0 Å². The largest absolute Gasteiger partial charge is 0.465 e. The van der Waals surface area contributed by atoms with Crippen molar-refractivity contribution < 1.29 is 14.5 Å². The number of nitro groups is 1. The Morgan fingerprint density at radius 1 is 1.24 bits per heavy atom. The molecule has 0 spiro atoms. The summed E-state index contributed by atoms with van der Waals surface area (Å²) in [7, 11) is 1.20. The Kier molecular flexibility index (Phi) is 3.95. The van der Waals surface area contributed by atoms with E-state index in [2.05, 4.69) is 4.74 Å². The van der Waals surface area contributed by atoms with Crippen LogP contribution in [0.1, 0.15) is 15.9 Å². The zero-order chi connectivity index (χ0) is 15.4. The Morgan fingerprint density at radius 2 is 1.95 bits per heavy atom. The van der Waals surface area contributed by atoms with Crippen LogP contribution in [0.4, 0.5) is 5.69 Å². The smallest absolute Gasteiger partial charge is 0.338 e. The van der Waals surface area contributed by atoms with Gasteiger partial charge in [0.2, 0.25) is 0 Å². The molecular weight excluding hydrogens is 272 g/mol. The fraction of sp³-hybridized carbons (Fsp3) is 0.0667. The van der Waals surface area contributed by atoms with Crippen LogP contribution in [0.15, 0.2) is 42.5 Å². The number of nitriles is 1. The number of nitrogens with zero attached hydrogens (tertiary/aromatic N) is 2. The van der Waals surface area contributed by atoms with Crippen LogP contribution in [-0.4, -0.2) is 18.0 Å². The average molecular weight is 282 g/mol. The van der Waals surface area contributed by atoms with Crippen molar-refractivity contribution in [2.24, 2.45) is 0 Å². The second kappa shape index (κ2) is 5.84. The van der Waals surface area contributed by atoms with Crippen LogP contribution in [0, 0.1) is 21.4 Å². The molecule has 0 heterocycles. The van der Waals surface area contributed by atoms with Crippen LogP contribution < -0.4 is 0 Å². The molecule has 0 saturated carbocycles. The summed E-state index contributed by atoms with van der Waals surface area (Å²) in [4.78, 5) is 22.1. The van der Waals surface area contributed by atoms with Gasteiger partial charge in [-0.15, -0.1) is 0 Å². The summed E-state index contributed by atoms with van der Waals surface area (Å²) >= 11 is 0. The van der Waals surface area contributed by atoms with Gasteiger partial charge in [0.1, 0.15) is 0 Å². The van der Waals surface area contributed by atoms with Gasteiger partial charge in [-0.2, -0.15) is 5.26 Å². The van der Waals surface area contributed by atoms with Gasteiger partial charge in [-0.3, -0.25) is 10.1 Å². The molecule has 0 atom stereocenters. The van der Waals surface area contributed by atoms with Crippen molar-refractivity contribution in [1.82, 2.24) is 0 Å². The summed E-state index contributed by atoms with van der Waals surface area (Å²) in [6.45, 7) is 0. The Hall–Kier alpha value is -3.20. The summed E-state index contributed by atoms with van der Waals surface area (Å²) in [6.07, 6.45) is 0. The molecule has 0 N–H and O–H groups in total. The number of hydrogen-bond donors (Lipinski definition) is 0. The molecule has 0 aliphatic carbocycles. The Balaban J connectivity index is 2.67. The van der Waals surface area contributed by atoms with Crippen molar-refractivity contribution in [3.8, 4) is 17.2 Å². The maximum absolute atomic E-state index is 11.5. The highest BCUT2D eigenvalue weighted by atomic mass is 16.6. The van der Waals surface area contributed by atoms with Crippen molar-refractivity contribution in [2.75, 3.05) is 7.11 Å². The van der Waals surface area contributed by atoms with E-state index in [1.807, 2.05) is 6.07 Å². The van der Waals surface area contributed by atoms with Gasteiger partial charge in [-0.1, -0.05) is 18.2 Å². The number of ether oxygens (including phenoxy) is 1. The van der Waals surface area contributed by atoms with E-state index in [1.54, 1.807) is 24.3 Å². The third-order valence-corrected chi connectivity index (χ3v) is 2.95. The van der Waals surface area contributed by atoms with Gasteiger partial charge in [0, 0.05) is 11.6 Å². The van der Waals surface area contributed by atoms with E-state index in [9.17, 15) is 14.9 Å². The molecule has 0 radical (unpaired) electrons. The number of hydrogen-bond acceptors (Lipinski definition) is 5. The molecule has 0 aromatic heterocycles. The fourth-order valence-electron chi connectivity index (χ4n) is 1.97. The monoisotopic (exact) mass is 282 g/mol. The first kappa shape index (κ1) is 14.2. The number of carbonyl (C=O) groups is 1. The highest BCUT2D eigenvalue weighted by Crippen LogP contribution is 2.32. The zero-order valence-electron chi connectivity index (χ0n) is 11.1. The van der Waals surface area contributed by atoms with Crippen LogP contribution in [0.5, 0.6) is 0 Å². The highest BCUT2D eigenvalue weighted by molar-refractivity contribution is 5.92. The fourth-order valence-corrected chi connectivity index (χ4v) is 1.97. The Bertz CT molecular complexity index is 763. The number of esters is 1. The molecule has 0 aliphatic heterocycles. The van der Waals surface area contributed by atoms with Gasteiger partial charge in [-0.05, 0) is 18.2 Å². The topological polar surface area (TPSA) is 93.2 Å². The van der Waals surface area contributed by atoms with Gasteiger partial charge >= 0.3 is 5.97 Å². The Morgan fingerprint density at radius 3 is 2.57 bits per heavy atom. The van der Waals surface area contributed by atoms with Gasteiger partial charge < -0.3 is 4.74 Å². The normalized spacial score (nSPS) is 9.71. The SMILES string of the molecule is COC(=O)c1ccc(-c2ccccc2C#N)c([N+](=O)[O-])c1. The van der Waals surface area contributed by atoms with E-state index in [4.69, 9.17) is 5.26 Å². The lowest BCUT2D eigenvalue weighted by atomic mass is 9.97. The third-order valence-electron chi connectivity index (χ3n) is 2.95. The highest BCUT2D eigenvalue weighted by Gasteiger charge is 2.20. The summed E-state index contributed by atoms with van der Waals surface area (Å²) in [5.41, 5.74) is 0.891. The van der Waals surface area contributed by atoms with Gasteiger partial charge in [0.15, 0.2) is 0 Å². The first-order valence-corrected chi connectivity index (χ1v) is 5.94. The predicted molar refractivity (Wildman–Crippen MR) is 74.6 cm³/mol. The molecular formula is C15H10N2O4. The Labute approximate surface area is 120 Å². The van der Waals surface area contributed by atoms with Crippen LogP contribution in [0.2, 0.25) is 0 Å². The van der Waals surface area contributed by atoms with E-state index in [0.717, 1.165) is 6.07 Å². The van der Waals surface area contributed by atoms with Crippen molar-refractivity contribution >= 4 is 11.7 Å². The molecule has 0 amide bonds. The standard InChI is InChI=1S/C15H10N2O4/c1-21-15(18)10-6-7-13(14(8-10)17(19)20)12-5-3-2-4-11(12)9-16/h2-8H,1H3. The van der Waals surface area contributed by atoms with Gasteiger partial charge in [0.05, 0.1) is 34.8 Å². The van der Waals surface area contributed by atoms with Crippen molar-refractivity contribution in [2.45, 2.75) is 0 Å². The molecule has 6 nitrogen and oxygen atoms in total. The van der Waals surface area contributed by atoms with E-state index in [0.29, 0.717) is 11.1 Å². The molecule has 0 aliphatic rings. The van der Waals surface area contributed by atoms with Crippen LogP contribution >= 0.6 is 0 Å². The predicted octanol–water partition coefficient (Wildman–Crippen LogP) is 2.92. The number of methoxy groups -OCH3 is 1. The quantitative estimate of drug-likeness (QED) is 0.490. The molecule has 2 aromatic rings. The lowest BCUT2D eigenvalue weighted by Crippen LogP contribution is -2.03. The number of carbonyl (C=O) groups excluding carboxylic acids is 1. The number of rotatable bonds is 3. The first-order chi connectivity index (χ1) is 10.1. The summed E-state index contributed by atoms with van der Waals surface area (Å²) in [6, 6.07) is 12.6. The first-order valence-electron chi connectivity index (χ1n) is 5.94. The molecule has 2 aromatic carbocycles. The van der Waals surface area contributed by atoms with E-state index in [-0.39, 0.29) is 16.8 Å². The van der Waals surface area contributed by atoms with Crippen molar-refractivity contribution in [3.05, 3.63) is 63.7 Å². The lowest BCUT2D eigenvalue weighted by Gasteiger charge is -2.07. The minimum absolute atomic E-state index is 0.0855. The maximum atomic E-state index is 11.5. The minimum Gasteiger partial charge on any atom is -0.465 e. The summed E-state index contributed by atoms with van der Waals surface area (Å²) in [5, 5.41) is 20.3. The van der Waals surface area contributed by atoms with Crippen LogP contribution in [-0.2, 0) is 4.74 Å². The molecule has 2 rings (SSSR count). The maximum Gasteiger partial charge on any atom is 0.338 e. The van der Waals surface area contributed by atoms with Crippen molar-refractivity contribution in [1.29, 1.82) is 5.26 Å². The van der Waals surface area contributed by atoms with Crippen molar-refractivity contribution in [3.63, 3.8) is 0 Å². The molecule has 0 fully saturated rings. The molecule has 6 heteroatoms. The summed E-state index contributed by atoms with van der Waals surface area (Å²) in [5.74, 6) is -0.654. The number of benzene rings is 2. The van der Waals surface area contributed by atoms with Crippen LogP contribution in [0.25, 0.3) is 11.1 Å². The molecule has 0 saturated heterocycles. The lowest BCUT2D eigenvalue weighted by molar-refractivity contribution is -0.384. The van der Waals surface area contributed by atoms with E-state index >= 15 is 0 Å². The van der Waals surface area contributed by atoms with Gasteiger partial charge in [0.25, 0.3) is 5.69 Å².